The van der Waals surface area contributed by atoms with Gasteiger partial charge < -0.3 is 15.7 Å². The molecule has 0 saturated carbocycles. The number of benzene rings is 1. The van der Waals surface area contributed by atoms with Crippen LogP contribution in [0.15, 0.2) is 24.3 Å². The van der Waals surface area contributed by atoms with Crippen molar-refractivity contribution in [1.29, 1.82) is 0 Å². The average molecular weight is 285 g/mol. The molecule has 0 radical (unpaired) electrons. The number of hydrogen-bond donors (Lipinski definition) is 3. The first-order valence-electron chi connectivity index (χ1n) is 6.00. The van der Waals surface area contributed by atoms with Gasteiger partial charge in [-0.25, -0.2) is 0 Å². The monoisotopic (exact) mass is 284 g/mol. The Hall–Kier alpha value is -1.59. The van der Waals surface area contributed by atoms with E-state index >= 15 is 0 Å². The third-order valence-corrected chi connectivity index (χ3v) is 2.81. The maximum atomic E-state index is 11.7. The molecule has 1 aromatic carbocycles. The third kappa shape index (κ3) is 5.28. The molecule has 1 atom stereocenters. The van der Waals surface area contributed by atoms with E-state index in [1.807, 2.05) is 6.92 Å². The zero-order valence-electron chi connectivity index (χ0n) is 10.6. The Morgan fingerprint density at radius 2 is 2.16 bits per heavy atom. The van der Waals surface area contributed by atoms with Crippen molar-refractivity contribution in [3.63, 3.8) is 0 Å². The SMILES string of the molecule is CC[C@H](CO)NC(=O)CNC(=O)c1cccc(Cl)c1. The summed E-state index contributed by atoms with van der Waals surface area (Å²) in [6.45, 7) is 1.60. The Balaban J connectivity index is 2.44. The van der Waals surface area contributed by atoms with Crippen molar-refractivity contribution in [2.24, 2.45) is 0 Å². The molecule has 19 heavy (non-hydrogen) atoms. The molecule has 1 rings (SSSR count). The maximum absolute atomic E-state index is 11.7. The van der Waals surface area contributed by atoms with E-state index in [1.165, 1.54) is 6.07 Å². The zero-order chi connectivity index (χ0) is 14.3. The molecule has 104 valence electrons. The topological polar surface area (TPSA) is 78.4 Å². The number of aliphatic hydroxyl groups is 1. The summed E-state index contributed by atoms with van der Waals surface area (Å²) in [6, 6.07) is 6.18. The van der Waals surface area contributed by atoms with Crippen LogP contribution in [0.2, 0.25) is 5.02 Å². The van der Waals surface area contributed by atoms with Crippen LogP contribution in [0.3, 0.4) is 0 Å². The van der Waals surface area contributed by atoms with Crippen LogP contribution in [0, 0.1) is 0 Å². The largest absolute Gasteiger partial charge is 0.394 e. The van der Waals surface area contributed by atoms with Crippen LogP contribution in [-0.4, -0.2) is 36.1 Å². The van der Waals surface area contributed by atoms with Crippen LogP contribution in [-0.2, 0) is 4.79 Å². The van der Waals surface area contributed by atoms with Gasteiger partial charge in [0.25, 0.3) is 5.91 Å². The molecule has 0 bridgehead atoms. The van der Waals surface area contributed by atoms with E-state index in [2.05, 4.69) is 10.6 Å². The molecule has 5 nitrogen and oxygen atoms in total. The van der Waals surface area contributed by atoms with E-state index in [-0.39, 0.29) is 31.0 Å². The first-order chi connectivity index (χ1) is 9.06. The maximum Gasteiger partial charge on any atom is 0.251 e. The van der Waals surface area contributed by atoms with Gasteiger partial charge in [0.2, 0.25) is 5.91 Å². The van der Waals surface area contributed by atoms with Crippen LogP contribution < -0.4 is 10.6 Å². The molecular formula is C13H17ClN2O3. The van der Waals surface area contributed by atoms with Crippen LogP contribution in [0.4, 0.5) is 0 Å². The summed E-state index contributed by atoms with van der Waals surface area (Å²) in [7, 11) is 0. The number of aliphatic hydroxyl groups excluding tert-OH is 1. The predicted octanol–water partition coefficient (Wildman–Crippen LogP) is 0.957. The number of carbonyl (C=O) groups is 2. The number of carbonyl (C=O) groups excluding carboxylic acids is 2. The van der Waals surface area contributed by atoms with Gasteiger partial charge in [0.05, 0.1) is 19.2 Å². The molecule has 0 aromatic heterocycles. The third-order valence-electron chi connectivity index (χ3n) is 2.57. The number of amides is 2. The van der Waals surface area contributed by atoms with Gasteiger partial charge in [-0.15, -0.1) is 0 Å². The smallest absolute Gasteiger partial charge is 0.251 e. The van der Waals surface area contributed by atoms with Crippen LogP contribution in [0.5, 0.6) is 0 Å². The van der Waals surface area contributed by atoms with Crippen molar-refractivity contribution >= 4 is 23.4 Å². The predicted molar refractivity (Wildman–Crippen MR) is 73.1 cm³/mol. The second-order valence-electron chi connectivity index (χ2n) is 4.05. The summed E-state index contributed by atoms with van der Waals surface area (Å²) in [4.78, 5) is 23.2. The van der Waals surface area contributed by atoms with Gasteiger partial charge in [0, 0.05) is 10.6 Å². The van der Waals surface area contributed by atoms with Gasteiger partial charge in [-0.1, -0.05) is 24.6 Å². The highest BCUT2D eigenvalue weighted by Crippen LogP contribution is 2.10. The molecule has 0 aliphatic rings. The molecule has 0 aliphatic heterocycles. The highest BCUT2D eigenvalue weighted by molar-refractivity contribution is 6.30. The quantitative estimate of drug-likeness (QED) is 0.728. The van der Waals surface area contributed by atoms with E-state index in [1.54, 1.807) is 18.2 Å². The minimum Gasteiger partial charge on any atom is -0.394 e. The van der Waals surface area contributed by atoms with Gasteiger partial charge in [-0.05, 0) is 24.6 Å². The summed E-state index contributed by atoms with van der Waals surface area (Å²) < 4.78 is 0. The van der Waals surface area contributed by atoms with Gasteiger partial charge >= 0.3 is 0 Å². The van der Waals surface area contributed by atoms with Gasteiger partial charge in [0.15, 0.2) is 0 Å². The first-order valence-corrected chi connectivity index (χ1v) is 6.38. The van der Waals surface area contributed by atoms with E-state index < -0.39 is 0 Å². The van der Waals surface area contributed by atoms with Crippen LogP contribution in [0.25, 0.3) is 0 Å². The summed E-state index contributed by atoms with van der Waals surface area (Å²) in [5, 5.41) is 14.5. The molecule has 6 heteroatoms. The fourth-order valence-electron chi connectivity index (χ4n) is 1.45. The lowest BCUT2D eigenvalue weighted by atomic mass is 10.2. The molecule has 0 saturated heterocycles. The average Bonchev–Trinajstić information content (AvgIpc) is 2.42. The summed E-state index contributed by atoms with van der Waals surface area (Å²) in [6.07, 6.45) is 0.629. The van der Waals surface area contributed by atoms with Crippen molar-refractivity contribution in [2.75, 3.05) is 13.2 Å². The molecule has 2 amide bonds. The van der Waals surface area contributed by atoms with Crippen molar-refractivity contribution in [3.8, 4) is 0 Å². The summed E-state index contributed by atoms with van der Waals surface area (Å²) in [5.74, 6) is -0.703. The molecule has 0 heterocycles. The van der Waals surface area contributed by atoms with Crippen molar-refractivity contribution in [1.82, 2.24) is 10.6 Å². The zero-order valence-corrected chi connectivity index (χ0v) is 11.4. The Kier molecular flexibility index (Phi) is 6.32. The van der Waals surface area contributed by atoms with Crippen LogP contribution in [0.1, 0.15) is 23.7 Å². The van der Waals surface area contributed by atoms with Crippen molar-refractivity contribution < 1.29 is 14.7 Å². The lowest BCUT2D eigenvalue weighted by molar-refractivity contribution is -0.121. The lowest BCUT2D eigenvalue weighted by Gasteiger charge is -2.14. The number of nitrogens with one attached hydrogen (secondary N) is 2. The number of hydrogen-bond acceptors (Lipinski definition) is 3. The second-order valence-corrected chi connectivity index (χ2v) is 4.48. The lowest BCUT2D eigenvalue weighted by Crippen LogP contribution is -2.43. The summed E-state index contributed by atoms with van der Waals surface area (Å²) >= 11 is 5.77. The number of halogens is 1. The molecule has 0 spiro atoms. The minimum atomic E-state index is -0.366. The minimum absolute atomic E-state index is 0.121. The van der Waals surface area contributed by atoms with Crippen molar-refractivity contribution in [3.05, 3.63) is 34.9 Å². The number of rotatable bonds is 6. The molecule has 1 aromatic rings. The normalized spacial score (nSPS) is 11.7. The second kappa shape index (κ2) is 7.76. The molecule has 0 unspecified atom stereocenters. The van der Waals surface area contributed by atoms with Gasteiger partial charge in [-0.2, -0.15) is 0 Å². The Bertz CT molecular complexity index is 447. The first kappa shape index (κ1) is 15.5. The molecule has 0 aliphatic carbocycles. The Morgan fingerprint density at radius 1 is 1.42 bits per heavy atom. The van der Waals surface area contributed by atoms with E-state index in [0.29, 0.717) is 17.0 Å². The van der Waals surface area contributed by atoms with E-state index in [0.717, 1.165) is 0 Å². The highest BCUT2D eigenvalue weighted by atomic mass is 35.5. The molecule has 0 fully saturated rings. The van der Waals surface area contributed by atoms with E-state index in [4.69, 9.17) is 16.7 Å². The van der Waals surface area contributed by atoms with Crippen LogP contribution >= 0.6 is 11.6 Å². The fraction of sp³-hybridized carbons (Fsp3) is 0.385. The fourth-order valence-corrected chi connectivity index (χ4v) is 1.64. The van der Waals surface area contributed by atoms with Gasteiger partial charge in [-0.3, -0.25) is 9.59 Å². The van der Waals surface area contributed by atoms with E-state index in [9.17, 15) is 9.59 Å². The Morgan fingerprint density at radius 3 is 2.74 bits per heavy atom. The molecule has 3 N–H and O–H groups in total. The Labute approximate surface area is 117 Å². The summed E-state index contributed by atoms with van der Waals surface area (Å²) in [5.41, 5.74) is 0.398. The van der Waals surface area contributed by atoms with Gasteiger partial charge in [0.1, 0.15) is 0 Å². The standard InChI is InChI=1S/C13H17ClN2O3/c1-2-11(8-17)16-12(18)7-15-13(19)9-4-3-5-10(14)6-9/h3-6,11,17H,2,7-8H2,1H3,(H,15,19)(H,16,18)/t11-/m1/s1. The van der Waals surface area contributed by atoms with Crippen molar-refractivity contribution in [2.45, 2.75) is 19.4 Å². The molecular weight excluding hydrogens is 268 g/mol. The highest BCUT2D eigenvalue weighted by Gasteiger charge is 2.11.